The topological polar surface area (TPSA) is 50.4 Å². The molecule has 0 aliphatic carbocycles. The summed E-state index contributed by atoms with van der Waals surface area (Å²) in [6.45, 7) is 7.11. The Morgan fingerprint density at radius 1 is 1.37 bits per heavy atom. The fourth-order valence-corrected chi connectivity index (χ4v) is 1.60. The molecule has 1 aromatic carbocycles. The van der Waals surface area contributed by atoms with E-state index in [0.29, 0.717) is 0 Å². The van der Waals surface area contributed by atoms with Gasteiger partial charge in [-0.05, 0) is 32.4 Å². The van der Waals surface area contributed by atoms with Gasteiger partial charge in [0.15, 0.2) is 0 Å². The van der Waals surface area contributed by atoms with Crippen molar-refractivity contribution in [3.8, 4) is 5.75 Å². The first-order valence-electron chi connectivity index (χ1n) is 6.89. The third-order valence-corrected chi connectivity index (χ3v) is 2.51. The molecule has 0 aliphatic heterocycles. The van der Waals surface area contributed by atoms with E-state index in [9.17, 15) is 4.79 Å². The van der Waals surface area contributed by atoms with Crippen molar-refractivity contribution in [1.29, 1.82) is 0 Å². The summed E-state index contributed by atoms with van der Waals surface area (Å²) in [6.07, 6.45) is 2.25. The molecule has 2 N–H and O–H groups in total. The van der Waals surface area contributed by atoms with Crippen LogP contribution in [0.25, 0.3) is 0 Å². The molecule has 0 aromatic heterocycles. The zero-order chi connectivity index (χ0) is 14.1. The Balaban J connectivity index is 2.38. The largest absolute Gasteiger partial charge is 0.491 e. The van der Waals surface area contributed by atoms with E-state index in [0.717, 1.165) is 30.8 Å². The maximum Gasteiger partial charge on any atom is 0.239 e. The van der Waals surface area contributed by atoms with Gasteiger partial charge in [-0.3, -0.25) is 4.79 Å². The molecule has 0 heterocycles. The number of amides is 1. The Bertz CT molecular complexity index is 391. The average molecular weight is 264 g/mol. The zero-order valence-electron chi connectivity index (χ0n) is 12.0. The highest BCUT2D eigenvalue weighted by Gasteiger charge is 2.02. The molecule has 106 valence electrons. The SMILES string of the molecule is CCCCNC(=O)CNc1cccc(OC(C)C)c1. The predicted molar refractivity (Wildman–Crippen MR) is 78.6 cm³/mol. The highest BCUT2D eigenvalue weighted by atomic mass is 16.5. The van der Waals surface area contributed by atoms with Gasteiger partial charge in [0.1, 0.15) is 5.75 Å². The van der Waals surface area contributed by atoms with Crippen molar-refractivity contribution < 1.29 is 9.53 Å². The molecule has 0 bridgehead atoms. The summed E-state index contributed by atoms with van der Waals surface area (Å²) in [4.78, 5) is 11.5. The third kappa shape index (κ3) is 6.70. The van der Waals surface area contributed by atoms with Gasteiger partial charge in [0.25, 0.3) is 0 Å². The van der Waals surface area contributed by atoms with Gasteiger partial charge < -0.3 is 15.4 Å². The smallest absolute Gasteiger partial charge is 0.239 e. The minimum Gasteiger partial charge on any atom is -0.491 e. The molecule has 4 heteroatoms. The summed E-state index contributed by atoms with van der Waals surface area (Å²) in [6, 6.07) is 7.65. The van der Waals surface area contributed by atoms with Crippen molar-refractivity contribution in [1.82, 2.24) is 5.32 Å². The van der Waals surface area contributed by atoms with Gasteiger partial charge >= 0.3 is 0 Å². The number of nitrogens with one attached hydrogen (secondary N) is 2. The Morgan fingerprint density at radius 3 is 2.84 bits per heavy atom. The van der Waals surface area contributed by atoms with E-state index < -0.39 is 0 Å². The van der Waals surface area contributed by atoms with Crippen LogP contribution in [-0.2, 0) is 4.79 Å². The van der Waals surface area contributed by atoms with Gasteiger partial charge in [0, 0.05) is 18.3 Å². The second kappa shape index (κ2) is 8.40. The normalized spacial score (nSPS) is 10.3. The van der Waals surface area contributed by atoms with E-state index in [1.807, 2.05) is 38.1 Å². The Hall–Kier alpha value is -1.71. The molecule has 0 radical (unpaired) electrons. The molecule has 1 amide bonds. The second-order valence-electron chi connectivity index (χ2n) is 4.75. The molecule has 19 heavy (non-hydrogen) atoms. The maximum absolute atomic E-state index is 11.5. The summed E-state index contributed by atoms with van der Waals surface area (Å²) in [5, 5.41) is 5.96. The molecular weight excluding hydrogens is 240 g/mol. The number of carbonyl (C=O) groups excluding carboxylic acids is 1. The van der Waals surface area contributed by atoms with Crippen LogP contribution in [0, 0.1) is 0 Å². The van der Waals surface area contributed by atoms with E-state index in [2.05, 4.69) is 17.6 Å². The number of ether oxygens (including phenoxy) is 1. The number of anilines is 1. The van der Waals surface area contributed by atoms with Crippen LogP contribution in [0.1, 0.15) is 33.6 Å². The molecule has 0 saturated carbocycles. The van der Waals surface area contributed by atoms with Crippen LogP contribution in [0.4, 0.5) is 5.69 Å². The van der Waals surface area contributed by atoms with Gasteiger partial charge in [-0.15, -0.1) is 0 Å². The number of hydrogen-bond acceptors (Lipinski definition) is 3. The lowest BCUT2D eigenvalue weighted by atomic mass is 10.3. The van der Waals surface area contributed by atoms with E-state index in [1.165, 1.54) is 0 Å². The van der Waals surface area contributed by atoms with Gasteiger partial charge in [-0.25, -0.2) is 0 Å². The minimum atomic E-state index is 0.0173. The first-order valence-corrected chi connectivity index (χ1v) is 6.89. The number of unbranched alkanes of at least 4 members (excludes halogenated alkanes) is 1. The van der Waals surface area contributed by atoms with Crippen LogP contribution >= 0.6 is 0 Å². The lowest BCUT2D eigenvalue weighted by Crippen LogP contribution is -2.30. The van der Waals surface area contributed by atoms with Crippen LogP contribution in [0.5, 0.6) is 5.75 Å². The van der Waals surface area contributed by atoms with Crippen molar-refractivity contribution in [2.24, 2.45) is 0 Å². The quantitative estimate of drug-likeness (QED) is 0.710. The number of carbonyl (C=O) groups is 1. The maximum atomic E-state index is 11.5. The highest BCUT2D eigenvalue weighted by Crippen LogP contribution is 2.18. The van der Waals surface area contributed by atoms with Gasteiger partial charge in [0.2, 0.25) is 5.91 Å². The minimum absolute atomic E-state index is 0.0173. The molecule has 0 saturated heterocycles. The van der Waals surface area contributed by atoms with Crippen LogP contribution < -0.4 is 15.4 Å². The number of rotatable bonds is 8. The lowest BCUT2D eigenvalue weighted by molar-refractivity contribution is -0.119. The first kappa shape index (κ1) is 15.3. The summed E-state index contributed by atoms with van der Waals surface area (Å²) in [5.41, 5.74) is 0.892. The highest BCUT2D eigenvalue weighted by molar-refractivity contribution is 5.80. The van der Waals surface area contributed by atoms with Gasteiger partial charge in [-0.1, -0.05) is 19.4 Å². The van der Waals surface area contributed by atoms with Crippen molar-refractivity contribution in [2.45, 2.75) is 39.7 Å². The number of benzene rings is 1. The predicted octanol–water partition coefficient (Wildman–Crippen LogP) is 2.80. The Morgan fingerprint density at radius 2 is 2.16 bits per heavy atom. The summed E-state index contributed by atoms with van der Waals surface area (Å²) >= 11 is 0. The molecule has 4 nitrogen and oxygen atoms in total. The van der Waals surface area contributed by atoms with Crippen LogP contribution in [0.2, 0.25) is 0 Å². The van der Waals surface area contributed by atoms with Crippen molar-refractivity contribution in [3.63, 3.8) is 0 Å². The number of hydrogen-bond donors (Lipinski definition) is 2. The monoisotopic (exact) mass is 264 g/mol. The van der Waals surface area contributed by atoms with Crippen LogP contribution in [0.15, 0.2) is 24.3 Å². The molecule has 1 aromatic rings. The van der Waals surface area contributed by atoms with Crippen LogP contribution in [0.3, 0.4) is 0 Å². The Kier molecular flexibility index (Phi) is 6.79. The van der Waals surface area contributed by atoms with Crippen molar-refractivity contribution in [3.05, 3.63) is 24.3 Å². The molecule has 0 spiro atoms. The molecule has 0 unspecified atom stereocenters. The fourth-order valence-electron chi connectivity index (χ4n) is 1.60. The van der Waals surface area contributed by atoms with Crippen molar-refractivity contribution >= 4 is 11.6 Å². The van der Waals surface area contributed by atoms with Crippen molar-refractivity contribution in [2.75, 3.05) is 18.4 Å². The summed E-state index contributed by atoms with van der Waals surface area (Å²) in [7, 11) is 0. The van der Waals surface area contributed by atoms with E-state index in [4.69, 9.17) is 4.74 Å². The molecule has 0 aliphatic rings. The summed E-state index contributed by atoms with van der Waals surface area (Å²) in [5.74, 6) is 0.829. The molecule has 0 fully saturated rings. The van der Waals surface area contributed by atoms with E-state index in [1.54, 1.807) is 0 Å². The third-order valence-electron chi connectivity index (χ3n) is 2.51. The Labute approximate surface area is 115 Å². The molecule has 1 rings (SSSR count). The summed E-state index contributed by atoms with van der Waals surface area (Å²) < 4.78 is 5.60. The zero-order valence-corrected chi connectivity index (χ0v) is 12.0. The van der Waals surface area contributed by atoms with E-state index >= 15 is 0 Å². The lowest BCUT2D eigenvalue weighted by Gasteiger charge is -2.12. The average Bonchev–Trinajstić information content (AvgIpc) is 2.36. The molecule has 0 atom stereocenters. The van der Waals surface area contributed by atoms with Crippen LogP contribution in [-0.4, -0.2) is 25.1 Å². The first-order chi connectivity index (χ1) is 9.11. The second-order valence-corrected chi connectivity index (χ2v) is 4.75. The standard InChI is InChI=1S/C15H24N2O2/c1-4-5-9-16-15(18)11-17-13-7-6-8-14(10-13)19-12(2)3/h6-8,10,12,17H,4-5,9,11H2,1-3H3,(H,16,18). The fraction of sp³-hybridized carbons (Fsp3) is 0.533. The van der Waals surface area contributed by atoms with E-state index in [-0.39, 0.29) is 18.6 Å². The van der Waals surface area contributed by atoms with Gasteiger partial charge in [0.05, 0.1) is 12.6 Å². The molecular formula is C15H24N2O2. The van der Waals surface area contributed by atoms with Gasteiger partial charge in [-0.2, -0.15) is 0 Å².